The summed E-state index contributed by atoms with van der Waals surface area (Å²) in [6.45, 7) is 1.26. The summed E-state index contributed by atoms with van der Waals surface area (Å²) in [5.74, 6) is -0.255. The summed E-state index contributed by atoms with van der Waals surface area (Å²) in [5, 5.41) is 5.99. The van der Waals surface area contributed by atoms with Crippen molar-refractivity contribution < 1.29 is 14.3 Å². The summed E-state index contributed by atoms with van der Waals surface area (Å²) < 4.78 is 5.33. The third-order valence-corrected chi connectivity index (χ3v) is 4.02. The SMILES string of the molecule is O=C1CCC(C(=O)Nc2nc3c(s2)COCC3)N1. The van der Waals surface area contributed by atoms with Crippen LogP contribution in [0, 0.1) is 0 Å². The molecule has 0 aromatic carbocycles. The lowest BCUT2D eigenvalue weighted by atomic mass is 10.2. The van der Waals surface area contributed by atoms with E-state index in [0.29, 0.717) is 31.2 Å². The molecule has 3 heterocycles. The maximum absolute atomic E-state index is 11.9. The molecule has 1 aromatic rings. The molecule has 1 fully saturated rings. The van der Waals surface area contributed by atoms with E-state index < -0.39 is 6.04 Å². The van der Waals surface area contributed by atoms with Crippen LogP contribution in [0.4, 0.5) is 5.13 Å². The van der Waals surface area contributed by atoms with Crippen molar-refractivity contribution in [2.45, 2.75) is 31.9 Å². The van der Waals surface area contributed by atoms with Crippen molar-refractivity contribution in [3.63, 3.8) is 0 Å². The van der Waals surface area contributed by atoms with Crippen LogP contribution in [0.5, 0.6) is 0 Å². The number of aromatic nitrogens is 1. The average molecular weight is 267 g/mol. The van der Waals surface area contributed by atoms with Crippen molar-refractivity contribution in [3.8, 4) is 0 Å². The summed E-state index contributed by atoms with van der Waals surface area (Å²) in [6, 6.07) is -0.422. The fourth-order valence-corrected chi connectivity index (χ4v) is 3.03. The second-order valence-electron chi connectivity index (χ2n) is 4.34. The Labute approximate surface area is 108 Å². The Morgan fingerprint density at radius 3 is 3.11 bits per heavy atom. The van der Waals surface area contributed by atoms with E-state index in [9.17, 15) is 9.59 Å². The molecular formula is C11H13N3O3S. The zero-order valence-electron chi connectivity index (χ0n) is 9.69. The first kappa shape index (κ1) is 11.6. The molecule has 2 aliphatic heterocycles. The number of ether oxygens (including phenoxy) is 1. The molecule has 2 N–H and O–H groups in total. The maximum Gasteiger partial charge on any atom is 0.248 e. The molecule has 0 spiro atoms. The van der Waals surface area contributed by atoms with Crippen LogP contribution >= 0.6 is 11.3 Å². The first-order chi connectivity index (χ1) is 8.72. The molecule has 7 heteroatoms. The molecule has 0 radical (unpaired) electrons. The van der Waals surface area contributed by atoms with Crippen molar-refractivity contribution in [3.05, 3.63) is 10.6 Å². The number of carbonyl (C=O) groups excluding carboxylic acids is 2. The number of nitrogens with one attached hydrogen (secondary N) is 2. The Kier molecular flexibility index (Phi) is 3.00. The van der Waals surface area contributed by atoms with Gasteiger partial charge < -0.3 is 15.4 Å². The monoisotopic (exact) mass is 267 g/mol. The molecule has 0 bridgehead atoms. The quantitative estimate of drug-likeness (QED) is 0.814. The highest BCUT2D eigenvalue weighted by Crippen LogP contribution is 2.27. The molecule has 6 nitrogen and oxygen atoms in total. The highest BCUT2D eigenvalue weighted by molar-refractivity contribution is 7.15. The van der Waals surface area contributed by atoms with Crippen molar-refractivity contribution in [1.29, 1.82) is 0 Å². The minimum Gasteiger partial charge on any atom is -0.375 e. The van der Waals surface area contributed by atoms with Gasteiger partial charge in [-0.15, -0.1) is 0 Å². The lowest BCUT2D eigenvalue weighted by Crippen LogP contribution is -2.37. The van der Waals surface area contributed by atoms with Gasteiger partial charge in [0.15, 0.2) is 5.13 Å². The molecule has 0 aliphatic carbocycles. The van der Waals surface area contributed by atoms with Gasteiger partial charge in [-0.3, -0.25) is 9.59 Å². The van der Waals surface area contributed by atoms with Crippen LogP contribution < -0.4 is 10.6 Å². The van der Waals surface area contributed by atoms with Crippen LogP contribution in [0.1, 0.15) is 23.4 Å². The van der Waals surface area contributed by atoms with Crippen molar-refractivity contribution >= 4 is 28.3 Å². The van der Waals surface area contributed by atoms with Crippen LogP contribution in [0.25, 0.3) is 0 Å². The van der Waals surface area contributed by atoms with E-state index >= 15 is 0 Å². The number of carbonyl (C=O) groups is 2. The Bertz CT molecular complexity index is 476. The van der Waals surface area contributed by atoms with Crippen molar-refractivity contribution in [2.75, 3.05) is 11.9 Å². The number of rotatable bonds is 2. The zero-order chi connectivity index (χ0) is 12.5. The molecule has 2 amide bonds. The number of hydrogen-bond acceptors (Lipinski definition) is 5. The predicted octanol–water partition coefficient (Wildman–Crippen LogP) is 0.433. The maximum atomic E-state index is 11.9. The van der Waals surface area contributed by atoms with Crippen LogP contribution in [0.3, 0.4) is 0 Å². The Morgan fingerprint density at radius 2 is 2.39 bits per heavy atom. The number of nitrogens with zero attached hydrogens (tertiary/aromatic N) is 1. The second-order valence-corrected chi connectivity index (χ2v) is 5.42. The van der Waals surface area contributed by atoms with Crippen LogP contribution in [0.2, 0.25) is 0 Å². The number of amides is 2. The van der Waals surface area contributed by atoms with Crippen molar-refractivity contribution in [2.24, 2.45) is 0 Å². The van der Waals surface area contributed by atoms with Gasteiger partial charge in [-0.05, 0) is 6.42 Å². The molecular weight excluding hydrogens is 254 g/mol. The van der Waals surface area contributed by atoms with Crippen LogP contribution in [-0.4, -0.2) is 29.4 Å². The Hall–Kier alpha value is -1.47. The molecule has 1 atom stereocenters. The lowest BCUT2D eigenvalue weighted by Gasteiger charge is -2.08. The smallest absolute Gasteiger partial charge is 0.248 e. The van der Waals surface area contributed by atoms with Gasteiger partial charge >= 0.3 is 0 Å². The third-order valence-electron chi connectivity index (χ3n) is 3.04. The first-order valence-corrected chi connectivity index (χ1v) is 6.70. The van der Waals surface area contributed by atoms with E-state index in [1.54, 1.807) is 0 Å². The normalized spacial score (nSPS) is 22.4. The third kappa shape index (κ3) is 2.23. The molecule has 0 saturated carbocycles. The lowest BCUT2D eigenvalue weighted by molar-refractivity contribution is -0.122. The van der Waals surface area contributed by atoms with E-state index in [1.165, 1.54) is 11.3 Å². The van der Waals surface area contributed by atoms with E-state index in [0.717, 1.165) is 17.0 Å². The van der Waals surface area contributed by atoms with E-state index in [2.05, 4.69) is 15.6 Å². The van der Waals surface area contributed by atoms with E-state index in [4.69, 9.17) is 4.74 Å². The van der Waals surface area contributed by atoms with E-state index in [-0.39, 0.29) is 11.8 Å². The molecule has 18 heavy (non-hydrogen) atoms. The summed E-state index contributed by atoms with van der Waals surface area (Å²) >= 11 is 1.44. The Morgan fingerprint density at radius 1 is 1.50 bits per heavy atom. The van der Waals surface area contributed by atoms with E-state index in [1.807, 2.05) is 0 Å². The highest BCUT2D eigenvalue weighted by Gasteiger charge is 2.28. The highest BCUT2D eigenvalue weighted by atomic mass is 32.1. The molecule has 1 aromatic heterocycles. The summed E-state index contributed by atoms with van der Waals surface area (Å²) in [7, 11) is 0. The largest absolute Gasteiger partial charge is 0.375 e. The van der Waals surface area contributed by atoms with Gasteiger partial charge in [0.1, 0.15) is 6.04 Å². The number of thiazole rings is 1. The van der Waals surface area contributed by atoms with Gasteiger partial charge in [0.2, 0.25) is 11.8 Å². The van der Waals surface area contributed by atoms with Gasteiger partial charge in [-0.1, -0.05) is 11.3 Å². The fourth-order valence-electron chi connectivity index (χ4n) is 2.08. The molecule has 3 rings (SSSR count). The molecule has 2 aliphatic rings. The topological polar surface area (TPSA) is 80.3 Å². The molecule has 1 saturated heterocycles. The number of hydrogen-bond donors (Lipinski definition) is 2. The Balaban J connectivity index is 1.67. The number of fused-ring (bicyclic) bond motifs is 1. The van der Waals surface area contributed by atoms with Crippen LogP contribution in [-0.2, 0) is 27.4 Å². The first-order valence-electron chi connectivity index (χ1n) is 5.89. The predicted molar refractivity (Wildman–Crippen MR) is 65.3 cm³/mol. The minimum absolute atomic E-state index is 0.0676. The van der Waals surface area contributed by atoms with Crippen molar-refractivity contribution in [1.82, 2.24) is 10.3 Å². The summed E-state index contributed by atoms with van der Waals surface area (Å²) in [5.41, 5.74) is 1.01. The van der Waals surface area contributed by atoms with Gasteiger partial charge in [0.25, 0.3) is 0 Å². The van der Waals surface area contributed by atoms with Gasteiger partial charge in [0.05, 0.1) is 23.8 Å². The number of anilines is 1. The zero-order valence-corrected chi connectivity index (χ0v) is 10.5. The fraction of sp³-hybridized carbons (Fsp3) is 0.545. The summed E-state index contributed by atoms with van der Waals surface area (Å²) in [6.07, 6.45) is 1.76. The van der Waals surface area contributed by atoms with Gasteiger partial charge in [-0.2, -0.15) is 0 Å². The van der Waals surface area contributed by atoms with Crippen LogP contribution in [0.15, 0.2) is 0 Å². The molecule has 96 valence electrons. The minimum atomic E-state index is -0.422. The summed E-state index contributed by atoms with van der Waals surface area (Å²) in [4.78, 5) is 28.4. The second kappa shape index (κ2) is 4.66. The average Bonchev–Trinajstić information content (AvgIpc) is 2.94. The molecule has 1 unspecified atom stereocenters. The van der Waals surface area contributed by atoms with Gasteiger partial charge in [0, 0.05) is 12.8 Å². The standard InChI is InChI=1S/C11H13N3O3S/c15-9-2-1-7(12-9)10(16)14-11-13-6-3-4-17-5-8(6)18-11/h7H,1-5H2,(H,12,15)(H,13,14,16). The van der Waals surface area contributed by atoms with Gasteiger partial charge in [-0.25, -0.2) is 4.98 Å².